The summed E-state index contributed by atoms with van der Waals surface area (Å²) in [5.74, 6) is -1.50. The standard InChI is InChI=1S/C26H27BrFN3O2S/c1-5-9-30-22-13-21(28)16(10-19(22)15(2)14-26(30,3)4)11-20-23(32)29-25(34)31(24(20)33)18-8-6-7-17(27)12-18/h6-8,10-13,15H,5,9,14H2,1-4H3,(H,29,32,34)/b20-11-. The third-order valence-electron chi connectivity index (χ3n) is 6.42. The van der Waals surface area contributed by atoms with Crippen molar-refractivity contribution >= 4 is 62.5 Å². The molecule has 1 unspecified atom stereocenters. The van der Waals surface area contributed by atoms with Crippen LogP contribution >= 0.6 is 28.1 Å². The Labute approximate surface area is 213 Å². The quantitative estimate of drug-likeness (QED) is 0.295. The summed E-state index contributed by atoms with van der Waals surface area (Å²) in [5, 5.41) is 2.54. The Morgan fingerprint density at radius 2 is 2.00 bits per heavy atom. The fraction of sp³-hybridized carbons (Fsp3) is 0.346. The SMILES string of the molecule is CCCN1c2cc(F)c(/C=C3/C(=O)NC(=S)N(c4cccc(Br)c4)C3=O)cc2C(C)CC1(C)C. The summed E-state index contributed by atoms with van der Waals surface area (Å²) in [6.07, 6.45) is 3.20. The first-order valence-electron chi connectivity index (χ1n) is 11.3. The molecule has 1 N–H and O–H groups in total. The lowest BCUT2D eigenvalue weighted by Gasteiger charge is -2.47. The summed E-state index contributed by atoms with van der Waals surface area (Å²) < 4.78 is 16.1. The molecule has 2 amide bonds. The Morgan fingerprint density at radius 3 is 2.68 bits per heavy atom. The van der Waals surface area contributed by atoms with Gasteiger partial charge in [-0.05, 0) is 86.8 Å². The van der Waals surface area contributed by atoms with Crippen LogP contribution in [0, 0.1) is 5.82 Å². The van der Waals surface area contributed by atoms with Gasteiger partial charge in [-0.2, -0.15) is 0 Å². The van der Waals surface area contributed by atoms with E-state index in [2.05, 4.69) is 53.8 Å². The van der Waals surface area contributed by atoms with Crippen LogP contribution in [0.2, 0.25) is 0 Å². The minimum Gasteiger partial charge on any atom is -0.366 e. The lowest BCUT2D eigenvalue weighted by atomic mass is 9.79. The molecule has 2 aromatic carbocycles. The highest BCUT2D eigenvalue weighted by atomic mass is 79.9. The Balaban J connectivity index is 1.78. The van der Waals surface area contributed by atoms with E-state index in [1.165, 1.54) is 17.0 Å². The number of nitrogens with zero attached hydrogens (tertiary/aromatic N) is 2. The van der Waals surface area contributed by atoms with Crippen LogP contribution in [0.4, 0.5) is 15.8 Å². The van der Waals surface area contributed by atoms with Crippen LogP contribution in [-0.4, -0.2) is 29.0 Å². The number of rotatable bonds is 4. The first-order valence-corrected chi connectivity index (χ1v) is 12.5. The number of anilines is 2. The monoisotopic (exact) mass is 543 g/mol. The Kier molecular flexibility index (Phi) is 6.66. The molecule has 0 saturated carbocycles. The molecule has 0 bridgehead atoms. The van der Waals surface area contributed by atoms with Gasteiger partial charge in [-0.15, -0.1) is 0 Å². The van der Waals surface area contributed by atoms with Crippen LogP contribution in [0.15, 0.2) is 46.4 Å². The second kappa shape index (κ2) is 9.23. The molecule has 2 aliphatic rings. The lowest BCUT2D eigenvalue weighted by Crippen LogP contribution is -2.54. The van der Waals surface area contributed by atoms with E-state index in [9.17, 15) is 9.59 Å². The van der Waals surface area contributed by atoms with Gasteiger partial charge in [0, 0.05) is 27.8 Å². The molecule has 34 heavy (non-hydrogen) atoms. The van der Waals surface area contributed by atoms with Gasteiger partial charge in [-0.25, -0.2) is 4.39 Å². The van der Waals surface area contributed by atoms with Crippen molar-refractivity contribution in [3.8, 4) is 0 Å². The minimum atomic E-state index is -0.639. The highest BCUT2D eigenvalue weighted by Crippen LogP contribution is 2.44. The van der Waals surface area contributed by atoms with Gasteiger partial charge < -0.3 is 4.90 Å². The van der Waals surface area contributed by atoms with E-state index in [-0.39, 0.29) is 27.7 Å². The third-order valence-corrected chi connectivity index (χ3v) is 7.20. The highest BCUT2D eigenvalue weighted by Gasteiger charge is 2.38. The van der Waals surface area contributed by atoms with E-state index in [1.807, 2.05) is 6.07 Å². The number of halogens is 2. The molecular weight excluding hydrogens is 517 g/mol. The van der Waals surface area contributed by atoms with Gasteiger partial charge in [0.25, 0.3) is 11.8 Å². The average Bonchev–Trinajstić information content (AvgIpc) is 2.74. The van der Waals surface area contributed by atoms with Crippen molar-refractivity contribution in [1.82, 2.24) is 5.32 Å². The maximum absolute atomic E-state index is 15.4. The topological polar surface area (TPSA) is 52.7 Å². The van der Waals surface area contributed by atoms with Crippen LogP contribution in [0.1, 0.15) is 57.6 Å². The van der Waals surface area contributed by atoms with Crippen LogP contribution in [0.3, 0.4) is 0 Å². The Hall–Kier alpha value is -2.58. The highest BCUT2D eigenvalue weighted by molar-refractivity contribution is 9.10. The molecule has 0 aliphatic carbocycles. The van der Waals surface area contributed by atoms with Crippen molar-refractivity contribution in [2.24, 2.45) is 0 Å². The number of fused-ring (bicyclic) bond motifs is 1. The minimum absolute atomic E-state index is 0.0118. The predicted molar refractivity (Wildman–Crippen MR) is 141 cm³/mol. The van der Waals surface area contributed by atoms with Crippen LogP contribution in [-0.2, 0) is 9.59 Å². The zero-order valence-electron chi connectivity index (χ0n) is 19.6. The third kappa shape index (κ3) is 4.41. The molecule has 1 atom stereocenters. The van der Waals surface area contributed by atoms with Gasteiger partial charge in [0.15, 0.2) is 5.11 Å². The van der Waals surface area contributed by atoms with Crippen molar-refractivity contribution in [3.63, 3.8) is 0 Å². The van der Waals surface area contributed by atoms with Crippen molar-refractivity contribution in [2.75, 3.05) is 16.3 Å². The van der Waals surface area contributed by atoms with E-state index >= 15 is 4.39 Å². The van der Waals surface area contributed by atoms with Gasteiger partial charge in [-0.3, -0.25) is 19.8 Å². The summed E-state index contributed by atoms with van der Waals surface area (Å²) >= 11 is 8.64. The molecule has 4 rings (SSSR count). The van der Waals surface area contributed by atoms with Gasteiger partial charge in [0.2, 0.25) is 0 Å². The van der Waals surface area contributed by atoms with Gasteiger partial charge in [0.1, 0.15) is 11.4 Å². The number of nitrogens with one attached hydrogen (secondary N) is 1. The van der Waals surface area contributed by atoms with E-state index in [0.717, 1.165) is 35.1 Å². The van der Waals surface area contributed by atoms with Gasteiger partial charge in [-0.1, -0.05) is 35.8 Å². The van der Waals surface area contributed by atoms with Crippen molar-refractivity contribution in [1.29, 1.82) is 0 Å². The maximum atomic E-state index is 15.4. The van der Waals surface area contributed by atoms with E-state index in [4.69, 9.17) is 12.2 Å². The molecule has 2 aliphatic heterocycles. The molecule has 0 spiro atoms. The number of hydrogen-bond donors (Lipinski definition) is 1. The van der Waals surface area contributed by atoms with E-state index in [1.54, 1.807) is 24.3 Å². The normalized spacial score (nSPS) is 21.1. The molecule has 0 radical (unpaired) electrons. The largest absolute Gasteiger partial charge is 0.366 e. The molecule has 2 heterocycles. The summed E-state index contributed by atoms with van der Waals surface area (Å²) in [6, 6.07) is 10.3. The van der Waals surface area contributed by atoms with E-state index < -0.39 is 17.6 Å². The first kappa shape index (κ1) is 24.5. The second-order valence-electron chi connectivity index (χ2n) is 9.44. The second-order valence-corrected chi connectivity index (χ2v) is 10.7. The summed E-state index contributed by atoms with van der Waals surface area (Å²) in [5.41, 5.74) is 2.36. The smallest absolute Gasteiger partial charge is 0.270 e. The molecule has 8 heteroatoms. The molecule has 1 fully saturated rings. The molecule has 5 nitrogen and oxygen atoms in total. The van der Waals surface area contributed by atoms with Crippen molar-refractivity contribution in [3.05, 3.63) is 63.4 Å². The summed E-state index contributed by atoms with van der Waals surface area (Å²) in [7, 11) is 0. The summed E-state index contributed by atoms with van der Waals surface area (Å²) in [4.78, 5) is 29.5. The number of carbonyl (C=O) groups excluding carboxylic acids is 2. The molecule has 178 valence electrons. The van der Waals surface area contributed by atoms with Gasteiger partial charge in [0.05, 0.1) is 5.69 Å². The van der Waals surface area contributed by atoms with Crippen LogP contribution < -0.4 is 15.1 Å². The molecular formula is C26H27BrFN3O2S. The zero-order valence-corrected chi connectivity index (χ0v) is 22.0. The summed E-state index contributed by atoms with van der Waals surface area (Å²) in [6.45, 7) is 9.43. The Bertz CT molecular complexity index is 1230. The predicted octanol–water partition coefficient (Wildman–Crippen LogP) is 5.92. The number of thiocarbonyl (C=S) groups is 1. The fourth-order valence-electron chi connectivity index (χ4n) is 4.94. The molecule has 1 saturated heterocycles. The Morgan fingerprint density at radius 1 is 1.26 bits per heavy atom. The maximum Gasteiger partial charge on any atom is 0.270 e. The lowest BCUT2D eigenvalue weighted by molar-refractivity contribution is -0.122. The number of amides is 2. The van der Waals surface area contributed by atoms with E-state index in [0.29, 0.717) is 5.69 Å². The zero-order chi connectivity index (χ0) is 24.8. The number of carbonyl (C=O) groups is 2. The van der Waals surface area contributed by atoms with Crippen molar-refractivity contribution < 1.29 is 14.0 Å². The van der Waals surface area contributed by atoms with Crippen LogP contribution in [0.25, 0.3) is 6.08 Å². The number of hydrogen-bond acceptors (Lipinski definition) is 4. The first-order chi connectivity index (χ1) is 16.0. The van der Waals surface area contributed by atoms with Crippen molar-refractivity contribution in [2.45, 2.75) is 52.0 Å². The van der Waals surface area contributed by atoms with Gasteiger partial charge >= 0.3 is 0 Å². The molecule has 0 aromatic heterocycles. The number of benzene rings is 2. The molecule has 2 aromatic rings. The van der Waals surface area contributed by atoms with Crippen LogP contribution in [0.5, 0.6) is 0 Å². The average molecular weight is 544 g/mol. The fourth-order valence-corrected chi connectivity index (χ4v) is 5.61.